The Morgan fingerprint density at radius 1 is 1.62 bits per heavy atom. The SMILES string of the molecule is CCOCc1cnc(CCCN)o1. The van der Waals surface area contributed by atoms with E-state index in [0.29, 0.717) is 19.8 Å². The molecule has 0 saturated heterocycles. The van der Waals surface area contributed by atoms with Crippen LogP contribution in [-0.2, 0) is 17.8 Å². The number of nitrogens with zero attached hydrogens (tertiary/aromatic N) is 1. The highest BCUT2D eigenvalue weighted by Gasteiger charge is 2.02. The van der Waals surface area contributed by atoms with Gasteiger partial charge >= 0.3 is 0 Å². The van der Waals surface area contributed by atoms with Crippen molar-refractivity contribution in [2.24, 2.45) is 5.73 Å². The van der Waals surface area contributed by atoms with Crippen LogP contribution >= 0.6 is 0 Å². The van der Waals surface area contributed by atoms with E-state index in [-0.39, 0.29) is 0 Å². The summed E-state index contributed by atoms with van der Waals surface area (Å²) in [4.78, 5) is 4.10. The summed E-state index contributed by atoms with van der Waals surface area (Å²) in [5.41, 5.74) is 5.37. The Balaban J connectivity index is 2.34. The lowest BCUT2D eigenvalue weighted by atomic mass is 10.3. The summed E-state index contributed by atoms with van der Waals surface area (Å²) in [6, 6.07) is 0. The second-order valence-corrected chi connectivity index (χ2v) is 2.75. The minimum absolute atomic E-state index is 0.506. The number of ether oxygens (including phenoxy) is 1. The molecule has 1 aromatic rings. The van der Waals surface area contributed by atoms with E-state index in [1.54, 1.807) is 6.20 Å². The van der Waals surface area contributed by atoms with Crippen molar-refractivity contribution in [1.29, 1.82) is 0 Å². The average Bonchev–Trinajstić information content (AvgIpc) is 2.59. The fourth-order valence-corrected chi connectivity index (χ4v) is 0.986. The van der Waals surface area contributed by atoms with Crippen LogP contribution in [0.1, 0.15) is 25.0 Å². The normalized spacial score (nSPS) is 10.6. The second kappa shape index (κ2) is 5.72. The summed E-state index contributed by atoms with van der Waals surface area (Å²) in [6.07, 6.45) is 3.43. The lowest BCUT2D eigenvalue weighted by Crippen LogP contribution is -2.00. The molecule has 0 aliphatic rings. The molecule has 0 aromatic carbocycles. The highest BCUT2D eigenvalue weighted by molar-refractivity contribution is 4.92. The molecule has 1 rings (SSSR count). The Morgan fingerprint density at radius 3 is 3.15 bits per heavy atom. The van der Waals surface area contributed by atoms with Crippen molar-refractivity contribution in [3.05, 3.63) is 17.8 Å². The van der Waals surface area contributed by atoms with Gasteiger partial charge in [0.15, 0.2) is 5.89 Å². The van der Waals surface area contributed by atoms with Gasteiger partial charge in [0, 0.05) is 13.0 Å². The molecule has 2 N–H and O–H groups in total. The maximum Gasteiger partial charge on any atom is 0.194 e. The summed E-state index contributed by atoms with van der Waals surface area (Å²) in [5, 5.41) is 0. The van der Waals surface area contributed by atoms with Gasteiger partial charge in [-0.05, 0) is 19.9 Å². The first-order valence-corrected chi connectivity index (χ1v) is 4.58. The van der Waals surface area contributed by atoms with Crippen molar-refractivity contribution in [1.82, 2.24) is 4.98 Å². The first-order chi connectivity index (χ1) is 6.36. The van der Waals surface area contributed by atoms with Gasteiger partial charge in [-0.3, -0.25) is 0 Å². The zero-order valence-electron chi connectivity index (χ0n) is 7.95. The molecule has 4 nitrogen and oxygen atoms in total. The minimum atomic E-state index is 0.506. The van der Waals surface area contributed by atoms with E-state index in [1.165, 1.54) is 0 Å². The van der Waals surface area contributed by atoms with Crippen LogP contribution in [0.3, 0.4) is 0 Å². The quantitative estimate of drug-likeness (QED) is 0.719. The van der Waals surface area contributed by atoms with E-state index < -0.39 is 0 Å². The Morgan fingerprint density at radius 2 is 2.46 bits per heavy atom. The fraction of sp³-hybridized carbons (Fsp3) is 0.667. The predicted octanol–water partition coefficient (Wildman–Crippen LogP) is 1.10. The molecule has 0 aliphatic carbocycles. The van der Waals surface area contributed by atoms with Crippen molar-refractivity contribution in [3.63, 3.8) is 0 Å². The van der Waals surface area contributed by atoms with E-state index >= 15 is 0 Å². The molecule has 74 valence electrons. The van der Waals surface area contributed by atoms with Crippen molar-refractivity contribution in [3.8, 4) is 0 Å². The summed E-state index contributed by atoms with van der Waals surface area (Å²) in [6.45, 7) is 3.82. The van der Waals surface area contributed by atoms with Gasteiger partial charge in [-0.15, -0.1) is 0 Å². The third-order valence-electron chi connectivity index (χ3n) is 1.64. The molecule has 1 aromatic heterocycles. The van der Waals surface area contributed by atoms with Crippen molar-refractivity contribution in [2.45, 2.75) is 26.4 Å². The van der Waals surface area contributed by atoms with Gasteiger partial charge in [0.05, 0.1) is 6.20 Å². The zero-order valence-corrected chi connectivity index (χ0v) is 7.95. The molecular formula is C9H16N2O2. The Hall–Kier alpha value is -0.870. The Kier molecular flexibility index (Phi) is 4.49. The maximum absolute atomic E-state index is 5.40. The molecule has 0 radical (unpaired) electrons. The van der Waals surface area contributed by atoms with Gasteiger partial charge in [0.25, 0.3) is 0 Å². The summed E-state index contributed by atoms with van der Waals surface area (Å²) >= 11 is 0. The molecule has 13 heavy (non-hydrogen) atoms. The third-order valence-corrected chi connectivity index (χ3v) is 1.64. The molecule has 4 heteroatoms. The Bertz CT molecular complexity index is 213. The molecule has 0 unspecified atom stereocenters. The number of aryl methyl sites for hydroxylation is 1. The van der Waals surface area contributed by atoms with Crippen LogP contribution in [0.4, 0.5) is 0 Å². The lowest BCUT2D eigenvalue weighted by Gasteiger charge is -1.95. The van der Waals surface area contributed by atoms with Crippen LogP contribution in [-0.4, -0.2) is 18.1 Å². The van der Waals surface area contributed by atoms with Gasteiger partial charge < -0.3 is 14.9 Å². The summed E-state index contributed by atoms with van der Waals surface area (Å²) < 4.78 is 10.6. The molecule has 0 fully saturated rings. The predicted molar refractivity (Wildman–Crippen MR) is 49.2 cm³/mol. The standard InChI is InChI=1S/C9H16N2O2/c1-2-12-7-8-6-11-9(13-8)4-3-5-10/h6H,2-5,7,10H2,1H3. The maximum atomic E-state index is 5.40. The van der Waals surface area contributed by atoms with Crippen molar-refractivity contribution >= 4 is 0 Å². The van der Waals surface area contributed by atoms with Crippen LogP contribution in [0.25, 0.3) is 0 Å². The van der Waals surface area contributed by atoms with E-state index in [0.717, 1.165) is 24.5 Å². The van der Waals surface area contributed by atoms with E-state index in [1.807, 2.05) is 6.92 Å². The Labute approximate surface area is 78.1 Å². The van der Waals surface area contributed by atoms with Crippen LogP contribution in [0.2, 0.25) is 0 Å². The van der Waals surface area contributed by atoms with Crippen molar-refractivity contribution < 1.29 is 9.15 Å². The van der Waals surface area contributed by atoms with Crippen LogP contribution < -0.4 is 5.73 Å². The fourth-order valence-electron chi connectivity index (χ4n) is 0.986. The van der Waals surface area contributed by atoms with E-state index in [4.69, 9.17) is 14.9 Å². The zero-order chi connectivity index (χ0) is 9.52. The third kappa shape index (κ3) is 3.57. The molecule has 0 atom stereocenters. The second-order valence-electron chi connectivity index (χ2n) is 2.75. The number of aromatic nitrogens is 1. The minimum Gasteiger partial charge on any atom is -0.443 e. The highest BCUT2D eigenvalue weighted by Crippen LogP contribution is 2.06. The van der Waals surface area contributed by atoms with E-state index in [2.05, 4.69) is 4.98 Å². The van der Waals surface area contributed by atoms with Gasteiger partial charge in [-0.1, -0.05) is 0 Å². The first kappa shape index (κ1) is 10.2. The van der Waals surface area contributed by atoms with Crippen LogP contribution in [0, 0.1) is 0 Å². The monoisotopic (exact) mass is 184 g/mol. The average molecular weight is 184 g/mol. The lowest BCUT2D eigenvalue weighted by molar-refractivity contribution is 0.117. The van der Waals surface area contributed by atoms with Crippen LogP contribution in [0.5, 0.6) is 0 Å². The van der Waals surface area contributed by atoms with E-state index in [9.17, 15) is 0 Å². The first-order valence-electron chi connectivity index (χ1n) is 4.58. The number of hydrogen-bond donors (Lipinski definition) is 1. The molecule has 0 saturated carbocycles. The van der Waals surface area contributed by atoms with Gasteiger partial charge in [0.1, 0.15) is 12.4 Å². The topological polar surface area (TPSA) is 61.3 Å². The van der Waals surface area contributed by atoms with Crippen LogP contribution in [0.15, 0.2) is 10.6 Å². The van der Waals surface area contributed by atoms with Gasteiger partial charge in [-0.25, -0.2) is 4.98 Å². The molecule has 0 spiro atoms. The largest absolute Gasteiger partial charge is 0.443 e. The number of oxazole rings is 1. The molecular weight excluding hydrogens is 168 g/mol. The number of hydrogen-bond acceptors (Lipinski definition) is 4. The number of nitrogens with two attached hydrogens (primary N) is 1. The van der Waals surface area contributed by atoms with Gasteiger partial charge in [0.2, 0.25) is 0 Å². The molecule has 0 bridgehead atoms. The number of rotatable bonds is 6. The molecule has 0 aliphatic heterocycles. The molecule has 1 heterocycles. The smallest absolute Gasteiger partial charge is 0.194 e. The van der Waals surface area contributed by atoms with Crippen molar-refractivity contribution in [2.75, 3.05) is 13.2 Å². The summed E-state index contributed by atoms with van der Waals surface area (Å²) in [5.74, 6) is 1.54. The van der Waals surface area contributed by atoms with Gasteiger partial charge in [-0.2, -0.15) is 0 Å². The highest BCUT2D eigenvalue weighted by atomic mass is 16.5. The molecule has 0 amide bonds. The summed E-state index contributed by atoms with van der Waals surface area (Å²) in [7, 11) is 0.